The molecular weight excluding hydrogens is 763 g/mol. The summed E-state index contributed by atoms with van der Waals surface area (Å²) in [6.45, 7) is 12.7. The largest absolute Gasteiger partial charge is 1.00 e. The third-order valence-electron chi connectivity index (χ3n) is 7.10. The van der Waals surface area contributed by atoms with Gasteiger partial charge in [-0.2, -0.15) is 0 Å². The normalized spacial score (nSPS) is 11.0. The van der Waals surface area contributed by atoms with Gasteiger partial charge in [-0.1, -0.05) is 29.8 Å². The van der Waals surface area contributed by atoms with E-state index in [2.05, 4.69) is 0 Å². The summed E-state index contributed by atoms with van der Waals surface area (Å²) < 4.78 is 231. The molecule has 0 N–H and O–H groups in total. The average molecular weight is 790 g/mol. The van der Waals surface area contributed by atoms with E-state index < -0.39 is 126 Å². The Morgan fingerprint density at radius 3 is 0.792 bits per heavy atom. The number of hydrogen-bond donors (Lipinski definition) is 0. The van der Waals surface area contributed by atoms with Crippen molar-refractivity contribution in [3.8, 4) is 0 Å². The van der Waals surface area contributed by atoms with Crippen molar-refractivity contribution in [2.45, 2.75) is 39.5 Å². The third-order valence-corrected chi connectivity index (χ3v) is 8.71. The molecule has 2 nitrogen and oxygen atoms in total. The number of benzene rings is 4. The van der Waals surface area contributed by atoms with Crippen LogP contribution in [0.4, 0.5) is 65.9 Å². The number of halogens is 15. The van der Waals surface area contributed by atoms with Crippen LogP contribution in [0.15, 0.2) is 29.2 Å². The summed E-state index contributed by atoms with van der Waals surface area (Å²) in [5, 5.41) is 0. The van der Waals surface area contributed by atoms with Crippen LogP contribution in [0, 0.1) is 94.2 Å². The second-order valence-electron chi connectivity index (χ2n) is 10.2. The molecule has 0 aliphatic heterocycles. The van der Waals surface area contributed by atoms with E-state index in [-0.39, 0.29) is 18.9 Å². The molecule has 0 aliphatic carbocycles. The van der Waals surface area contributed by atoms with Crippen LogP contribution in [0.5, 0.6) is 0 Å². The molecule has 0 atom stereocenters. The van der Waals surface area contributed by atoms with Gasteiger partial charge < -0.3 is 21.1 Å². The van der Waals surface area contributed by atoms with Gasteiger partial charge in [0.25, 0.3) is 0 Å². The molecule has 0 aliphatic rings. The fourth-order valence-corrected chi connectivity index (χ4v) is 6.45. The average Bonchev–Trinajstić information content (AvgIpc) is 3.12. The molecule has 286 valence electrons. The second-order valence-corrected chi connectivity index (χ2v) is 11.6. The molecule has 0 saturated heterocycles. The summed E-state index contributed by atoms with van der Waals surface area (Å²) in [5.41, 5.74) is -13.3. The van der Waals surface area contributed by atoms with Crippen molar-refractivity contribution in [2.24, 2.45) is 0 Å². The van der Waals surface area contributed by atoms with E-state index in [9.17, 15) is 39.5 Å². The first-order chi connectivity index (χ1) is 24.3. The molecule has 0 fully saturated rings. The smallest absolute Gasteiger partial charge is 0.382 e. The summed E-state index contributed by atoms with van der Waals surface area (Å²) in [7, 11) is 0. The van der Waals surface area contributed by atoms with E-state index in [1.807, 2.05) is 27.7 Å². The molecule has 0 saturated carbocycles. The first kappa shape index (κ1) is 47.8. The van der Waals surface area contributed by atoms with Crippen LogP contribution in [0.25, 0.3) is 0 Å². The number of aryl methyl sites for hydroxylation is 1. The molecule has 0 radical (unpaired) electrons. The Balaban J connectivity index is 0.00000113. The van der Waals surface area contributed by atoms with E-state index in [4.69, 9.17) is 9.47 Å². The molecule has 0 spiro atoms. The summed E-state index contributed by atoms with van der Waals surface area (Å²) in [4.78, 5) is -0.683. The molecule has 4 aromatic carbocycles. The standard InChI is InChI=1S/C25H7BF15S.2C4H10O.Li/c1-6-2-4-7(5-3-6)42-26(8-11(27)17(33)23(39)18(34)12(8)28,9-13(29)19(35)24(40)20(36)14(9)30)10-15(31)21(37)25(41)22(38)16(10)32;2*1-3-5-4-2;/h2-5H,1H3;2*3-4H2,1-2H3;/q-1;;;+1. The van der Waals surface area contributed by atoms with Crippen LogP contribution < -0.4 is 35.2 Å². The second kappa shape index (κ2) is 20.4. The number of rotatable bonds is 9. The molecular formula is C33H27BF15LiO2S. The van der Waals surface area contributed by atoms with Crippen molar-refractivity contribution < 1.29 is 94.2 Å². The Kier molecular flexibility index (Phi) is 18.4. The van der Waals surface area contributed by atoms with Gasteiger partial charge in [-0.15, -0.1) is 16.4 Å². The predicted molar refractivity (Wildman–Crippen MR) is 165 cm³/mol. The van der Waals surface area contributed by atoms with Gasteiger partial charge in [0.2, 0.25) is 0 Å². The molecule has 4 rings (SSSR count). The van der Waals surface area contributed by atoms with Gasteiger partial charge in [0.05, 0.1) is 0 Å². The van der Waals surface area contributed by atoms with Gasteiger partial charge in [0.1, 0.15) is 34.9 Å². The molecule has 0 amide bonds. The molecule has 0 heterocycles. The van der Waals surface area contributed by atoms with Gasteiger partial charge >= 0.3 is 18.9 Å². The van der Waals surface area contributed by atoms with Crippen molar-refractivity contribution in [2.75, 3.05) is 26.4 Å². The Morgan fingerprint density at radius 1 is 0.396 bits per heavy atom. The van der Waals surface area contributed by atoms with Crippen molar-refractivity contribution in [3.63, 3.8) is 0 Å². The molecule has 53 heavy (non-hydrogen) atoms. The minimum Gasteiger partial charge on any atom is -0.382 e. The minimum atomic E-state index is -5.69. The summed E-state index contributed by atoms with van der Waals surface area (Å²) >= 11 is -0.686. The monoisotopic (exact) mass is 790 g/mol. The molecule has 4 aromatic rings. The topological polar surface area (TPSA) is 18.5 Å². The zero-order chi connectivity index (χ0) is 39.8. The SMILES string of the molecule is CCOCC.CCOCC.Cc1ccc(S[B-](c2c(F)c(F)c(F)c(F)c2F)(c2c(F)c(F)c(F)c(F)c2F)c2c(F)c(F)c(F)c(F)c2F)cc1.[Li+]. The van der Waals surface area contributed by atoms with E-state index in [1.54, 1.807) is 0 Å². The Morgan fingerprint density at radius 2 is 0.604 bits per heavy atom. The predicted octanol–water partition coefficient (Wildman–Crippen LogP) is 5.93. The summed E-state index contributed by atoms with van der Waals surface area (Å²) in [5.74, 6) is -45.4. The van der Waals surface area contributed by atoms with Crippen molar-refractivity contribution in [1.82, 2.24) is 0 Å². The fraction of sp³-hybridized carbons (Fsp3) is 0.273. The maximum atomic E-state index is 15.4. The van der Waals surface area contributed by atoms with Crippen LogP contribution >= 0.6 is 11.6 Å². The first-order valence-electron chi connectivity index (χ1n) is 14.9. The van der Waals surface area contributed by atoms with Gasteiger partial charge in [0, 0.05) is 26.4 Å². The minimum absolute atomic E-state index is 0. The van der Waals surface area contributed by atoms with Gasteiger partial charge in [-0.05, 0) is 39.5 Å². The van der Waals surface area contributed by atoms with Crippen LogP contribution in [0.3, 0.4) is 0 Å². The zero-order valence-electron chi connectivity index (χ0n) is 28.6. The van der Waals surface area contributed by atoms with Gasteiger partial charge in [0.15, 0.2) is 57.8 Å². The van der Waals surface area contributed by atoms with Crippen LogP contribution in [0.1, 0.15) is 33.3 Å². The molecule has 0 unspecified atom stereocenters. The Labute approximate surface area is 310 Å². The zero-order valence-corrected chi connectivity index (χ0v) is 29.4. The molecule has 0 bridgehead atoms. The Hall–Kier alpha value is -3.24. The van der Waals surface area contributed by atoms with E-state index >= 15 is 26.3 Å². The molecule has 20 heteroatoms. The third kappa shape index (κ3) is 9.53. The van der Waals surface area contributed by atoms with Crippen molar-refractivity contribution in [3.05, 3.63) is 117 Å². The Bertz CT molecular complexity index is 1630. The maximum Gasteiger partial charge on any atom is 1.00 e. The van der Waals surface area contributed by atoms with Crippen molar-refractivity contribution >= 4 is 33.4 Å². The first-order valence-corrected chi connectivity index (χ1v) is 15.8. The maximum absolute atomic E-state index is 15.4. The number of ether oxygens (including phenoxy) is 2. The van der Waals surface area contributed by atoms with Crippen LogP contribution in [-0.4, -0.2) is 31.9 Å². The number of hydrogen-bond acceptors (Lipinski definition) is 3. The van der Waals surface area contributed by atoms with Gasteiger partial charge in [-0.25, -0.2) is 65.9 Å². The van der Waals surface area contributed by atoms with E-state index in [0.29, 0.717) is 5.56 Å². The van der Waals surface area contributed by atoms with Crippen LogP contribution in [-0.2, 0) is 9.47 Å². The van der Waals surface area contributed by atoms with E-state index in [1.165, 1.54) is 6.92 Å². The van der Waals surface area contributed by atoms with Crippen LogP contribution in [0.2, 0.25) is 0 Å². The summed E-state index contributed by atoms with van der Waals surface area (Å²) in [6, 6.07) is 3.86. The van der Waals surface area contributed by atoms with Crippen molar-refractivity contribution in [1.29, 1.82) is 0 Å². The summed E-state index contributed by atoms with van der Waals surface area (Å²) in [6.07, 6.45) is 0. The fourth-order valence-electron chi connectivity index (χ4n) is 4.78. The van der Waals surface area contributed by atoms with Gasteiger partial charge in [-0.3, -0.25) is 0 Å². The molecule has 0 aromatic heterocycles. The van der Waals surface area contributed by atoms with E-state index in [0.717, 1.165) is 50.7 Å². The quantitative estimate of drug-likeness (QED) is 0.0908.